The van der Waals surface area contributed by atoms with Crippen LogP contribution in [0.5, 0.6) is 0 Å². The molecule has 2 aromatic rings. The normalized spacial score (nSPS) is 13.7. The lowest BCUT2D eigenvalue weighted by Crippen LogP contribution is -2.41. The second-order valence-electron chi connectivity index (χ2n) is 10.3. The number of likely N-dealkylation sites (N-methyl/N-ethyl adjacent to an activating group) is 1. The van der Waals surface area contributed by atoms with Gasteiger partial charge < -0.3 is 16.0 Å². The average Bonchev–Trinajstić information content (AvgIpc) is 3.30. The van der Waals surface area contributed by atoms with Crippen molar-refractivity contribution in [3.8, 4) is 24.7 Å². The van der Waals surface area contributed by atoms with Gasteiger partial charge in [0.25, 0.3) is 5.91 Å². The zero-order valence-electron chi connectivity index (χ0n) is 27.7. The summed E-state index contributed by atoms with van der Waals surface area (Å²) >= 11 is 0. The summed E-state index contributed by atoms with van der Waals surface area (Å²) in [5.74, 6) is 5.87. The quantitative estimate of drug-likeness (QED) is 0.243. The molecule has 3 unspecified atom stereocenters. The number of nitrogens with two attached hydrogens (primary N) is 1. The highest BCUT2D eigenvalue weighted by atomic mass is 16.2. The van der Waals surface area contributed by atoms with Crippen LogP contribution in [0.4, 0.5) is 0 Å². The van der Waals surface area contributed by atoms with Crippen LogP contribution in [0.25, 0.3) is 0 Å². The third-order valence-electron chi connectivity index (χ3n) is 7.28. The zero-order valence-corrected chi connectivity index (χ0v) is 27.7. The zero-order chi connectivity index (χ0) is 33.3. The molecule has 2 amide bonds. The van der Waals surface area contributed by atoms with E-state index in [4.69, 9.17) is 5.73 Å². The van der Waals surface area contributed by atoms with Crippen molar-refractivity contribution in [3.63, 3.8) is 0 Å². The largest absolute Gasteiger partial charge is 0.376 e. The highest BCUT2D eigenvalue weighted by Crippen LogP contribution is 2.35. The van der Waals surface area contributed by atoms with Gasteiger partial charge in [0.15, 0.2) is 0 Å². The fraction of sp³-hybridized carbons (Fsp3) is 0.405. The molecule has 232 valence electrons. The third kappa shape index (κ3) is 10.8. The highest BCUT2D eigenvalue weighted by molar-refractivity contribution is 5.98. The van der Waals surface area contributed by atoms with E-state index in [2.05, 4.69) is 88.3 Å². The molecule has 1 aliphatic rings. The molecule has 3 rings (SSSR count). The Kier molecular flexibility index (Phi) is 17.1. The van der Waals surface area contributed by atoms with Crippen LogP contribution in [-0.4, -0.2) is 36.9 Å². The van der Waals surface area contributed by atoms with Gasteiger partial charge in [0.2, 0.25) is 5.91 Å². The minimum absolute atomic E-state index is 0.158. The van der Waals surface area contributed by atoms with Crippen LogP contribution in [0.2, 0.25) is 0 Å². The van der Waals surface area contributed by atoms with Crippen molar-refractivity contribution >= 4 is 11.8 Å². The summed E-state index contributed by atoms with van der Waals surface area (Å²) in [4.78, 5) is 24.6. The van der Waals surface area contributed by atoms with E-state index < -0.39 is 17.5 Å². The summed E-state index contributed by atoms with van der Waals surface area (Å²) in [6.07, 6.45) is 10.0. The molecular weight excluding hydrogens is 532 g/mol. The summed E-state index contributed by atoms with van der Waals surface area (Å²) in [6, 6.07) is 13.5. The molecule has 0 aliphatic carbocycles. The first-order valence-corrected chi connectivity index (χ1v) is 14.8. The van der Waals surface area contributed by atoms with Crippen LogP contribution in [0.1, 0.15) is 87.5 Å². The number of primary amides is 1. The fourth-order valence-corrected chi connectivity index (χ4v) is 4.55. The monoisotopic (exact) mass is 584 g/mol. The van der Waals surface area contributed by atoms with Crippen LogP contribution in [0, 0.1) is 30.6 Å². The van der Waals surface area contributed by atoms with E-state index >= 15 is 0 Å². The van der Waals surface area contributed by atoms with E-state index in [1.807, 2.05) is 58.2 Å². The van der Waals surface area contributed by atoms with Crippen LogP contribution < -0.4 is 16.4 Å². The topological polar surface area (TPSA) is 87.5 Å². The summed E-state index contributed by atoms with van der Waals surface area (Å²) in [5.41, 5.74) is 12.1. The number of carbonyl (C=O) groups is 2. The molecule has 6 nitrogen and oxygen atoms in total. The average molecular weight is 585 g/mol. The predicted octanol–water partition coefficient (Wildman–Crippen LogP) is 6.16. The lowest BCUT2D eigenvalue weighted by Gasteiger charge is -2.37. The van der Waals surface area contributed by atoms with Gasteiger partial charge in [-0.15, -0.1) is 12.8 Å². The van der Waals surface area contributed by atoms with Gasteiger partial charge in [-0.2, -0.15) is 0 Å². The Bertz CT molecular complexity index is 1310. The number of hydrogen-bond acceptors (Lipinski definition) is 4. The lowest BCUT2D eigenvalue weighted by molar-refractivity contribution is -0.118. The Balaban J connectivity index is 0.000000859. The van der Waals surface area contributed by atoms with Gasteiger partial charge >= 0.3 is 0 Å². The number of nitrogens with one attached hydrogen (secondary N) is 2. The first-order chi connectivity index (χ1) is 20.4. The molecular formula is C37H52N4O2. The van der Waals surface area contributed by atoms with Gasteiger partial charge in [-0.1, -0.05) is 83.9 Å². The molecule has 0 spiro atoms. The second kappa shape index (κ2) is 19.0. The van der Waals surface area contributed by atoms with Crippen molar-refractivity contribution in [3.05, 3.63) is 94.7 Å². The van der Waals surface area contributed by atoms with E-state index in [0.717, 1.165) is 52.9 Å². The first-order valence-electron chi connectivity index (χ1n) is 14.8. The Morgan fingerprint density at radius 1 is 1.14 bits per heavy atom. The number of carbonyl (C=O) groups excluding carboxylic acids is 2. The van der Waals surface area contributed by atoms with Gasteiger partial charge in [0.05, 0.1) is 5.54 Å². The number of rotatable bonds is 9. The molecule has 1 heterocycles. The molecule has 0 saturated carbocycles. The SMILES string of the molecule is C#C.C=C(C)NC(C)(C(=C)C(C)CC)c1ccc(C#CC(NC)C(N)=O)cc1.CC.CCc1ccc2c(c1)C(=O)N(C)C2. The third-order valence-corrected chi connectivity index (χ3v) is 7.28. The number of allylic oxidation sites excluding steroid dienone is 1. The number of nitrogens with zero attached hydrogens (tertiary/aromatic N) is 1. The van der Waals surface area contributed by atoms with E-state index in [1.54, 1.807) is 11.9 Å². The number of benzene rings is 2. The Morgan fingerprint density at radius 2 is 1.72 bits per heavy atom. The van der Waals surface area contributed by atoms with Crippen LogP contribution in [0.15, 0.2) is 66.9 Å². The summed E-state index contributed by atoms with van der Waals surface area (Å²) in [7, 11) is 3.50. The van der Waals surface area contributed by atoms with E-state index in [1.165, 1.54) is 5.56 Å². The molecule has 1 aliphatic heterocycles. The Morgan fingerprint density at radius 3 is 2.19 bits per heavy atom. The maximum Gasteiger partial charge on any atom is 0.254 e. The summed E-state index contributed by atoms with van der Waals surface area (Å²) in [6.45, 7) is 23.6. The van der Waals surface area contributed by atoms with Gasteiger partial charge in [-0.05, 0) is 80.1 Å². The van der Waals surface area contributed by atoms with Gasteiger partial charge in [0.1, 0.15) is 6.04 Å². The predicted molar refractivity (Wildman–Crippen MR) is 182 cm³/mol. The molecule has 4 N–H and O–H groups in total. The molecule has 6 heteroatoms. The maximum absolute atomic E-state index is 11.6. The van der Waals surface area contributed by atoms with Crippen molar-refractivity contribution < 1.29 is 9.59 Å². The highest BCUT2D eigenvalue weighted by Gasteiger charge is 2.32. The van der Waals surface area contributed by atoms with Crippen LogP contribution in [-0.2, 0) is 23.3 Å². The molecule has 43 heavy (non-hydrogen) atoms. The van der Waals surface area contributed by atoms with Gasteiger partial charge in [0, 0.05) is 30.4 Å². The van der Waals surface area contributed by atoms with Crippen LogP contribution in [0.3, 0.4) is 0 Å². The Labute approximate surface area is 261 Å². The van der Waals surface area contributed by atoms with E-state index in [0.29, 0.717) is 5.92 Å². The minimum Gasteiger partial charge on any atom is -0.376 e. The van der Waals surface area contributed by atoms with Gasteiger partial charge in [-0.3, -0.25) is 14.9 Å². The molecule has 3 atom stereocenters. The molecule has 0 aromatic heterocycles. The minimum atomic E-state index is -0.657. The fourth-order valence-electron chi connectivity index (χ4n) is 4.55. The summed E-state index contributed by atoms with van der Waals surface area (Å²) < 4.78 is 0. The molecule has 0 bridgehead atoms. The Hall–Kier alpha value is -4.26. The molecule has 0 radical (unpaired) electrons. The summed E-state index contributed by atoms with van der Waals surface area (Å²) in [5, 5.41) is 6.26. The van der Waals surface area contributed by atoms with Crippen molar-refractivity contribution in [2.24, 2.45) is 11.7 Å². The number of amides is 2. The number of terminal acetylenes is 1. The maximum atomic E-state index is 11.6. The van der Waals surface area contributed by atoms with Crippen LogP contribution >= 0.6 is 0 Å². The second-order valence-corrected chi connectivity index (χ2v) is 10.3. The van der Waals surface area contributed by atoms with Crippen molar-refractivity contribution in [2.75, 3.05) is 14.1 Å². The lowest BCUT2D eigenvalue weighted by atomic mass is 9.78. The van der Waals surface area contributed by atoms with Crippen molar-refractivity contribution in [1.82, 2.24) is 15.5 Å². The number of hydrogen-bond donors (Lipinski definition) is 3. The van der Waals surface area contributed by atoms with Crippen molar-refractivity contribution in [1.29, 1.82) is 0 Å². The first kappa shape index (κ1) is 38.7. The number of aryl methyl sites for hydroxylation is 1. The van der Waals surface area contributed by atoms with E-state index in [-0.39, 0.29) is 5.91 Å². The van der Waals surface area contributed by atoms with Crippen molar-refractivity contribution in [2.45, 2.75) is 79.4 Å². The van der Waals surface area contributed by atoms with Gasteiger partial charge in [-0.25, -0.2) is 0 Å². The standard InChI is InChI=1S/C22H31N3O.C11H13NO.C2H6.C2H2/c1-8-16(4)17(5)22(6,25-15(2)3)19-12-9-18(10-13-19)11-14-20(24-7)21(23)26;1-3-8-4-5-9-7-12(2)11(13)10(9)6-8;2*1-2/h9-10,12-13,16,20,24-25H,2,5,8H2,1,3-4,6-7H3,(H2,23,26);4-6H,3,7H2,1-2H3;1-2H3;1-2H. The molecule has 2 aromatic carbocycles. The smallest absolute Gasteiger partial charge is 0.254 e. The number of fused-ring (bicyclic) bond motifs is 1. The van der Waals surface area contributed by atoms with E-state index in [9.17, 15) is 9.59 Å². The molecule has 0 saturated heterocycles. The molecule has 0 fully saturated rings.